The number of ketones is 1. The minimum atomic E-state index is -0.321. The van der Waals surface area contributed by atoms with Crippen LogP contribution in [-0.2, 0) is 17.8 Å². The van der Waals surface area contributed by atoms with Crippen molar-refractivity contribution in [3.63, 3.8) is 0 Å². The Kier molecular flexibility index (Phi) is 9.86. The van der Waals surface area contributed by atoms with Crippen LogP contribution in [0, 0.1) is 0 Å². The van der Waals surface area contributed by atoms with E-state index in [1.165, 1.54) is 14.2 Å². The lowest BCUT2D eigenvalue weighted by atomic mass is 10.0. The van der Waals surface area contributed by atoms with Crippen molar-refractivity contribution in [2.75, 3.05) is 40.2 Å². The molecule has 0 radical (unpaired) electrons. The van der Waals surface area contributed by atoms with Crippen molar-refractivity contribution in [2.24, 2.45) is 0 Å². The number of ether oxygens (including phenoxy) is 2. The number of nitrogens with one attached hydrogen (secondary N) is 1. The first-order valence-electron chi connectivity index (χ1n) is 14.2. The Morgan fingerprint density at radius 3 is 2.58 bits per heavy atom. The van der Waals surface area contributed by atoms with Crippen molar-refractivity contribution >= 4 is 40.1 Å². The summed E-state index contributed by atoms with van der Waals surface area (Å²) < 4.78 is 12.5. The van der Waals surface area contributed by atoms with Gasteiger partial charge in [0.2, 0.25) is 5.95 Å². The predicted octanol–water partition coefficient (Wildman–Crippen LogP) is 5.55. The Hall–Kier alpha value is -5.06. The number of likely N-dealkylation sites (N-methyl/N-ethyl adjacent to an activating group) is 1. The highest BCUT2D eigenvalue weighted by Gasteiger charge is 2.19. The Morgan fingerprint density at radius 2 is 1.84 bits per heavy atom. The SMILES string of the molecule is COc1cc(OC)c(Cl)c(-c2cc3cnc(Nc4cccnc4)nc3n(Cc3cccc(CC(=O)/C=C/CN(C)C)c3)c2=O)c1. The lowest BCUT2D eigenvalue weighted by Crippen LogP contribution is -2.24. The van der Waals surface area contributed by atoms with Gasteiger partial charge >= 0.3 is 0 Å². The van der Waals surface area contributed by atoms with E-state index in [0.717, 1.165) is 11.1 Å². The molecule has 0 aliphatic carbocycles. The number of hydrogen-bond donors (Lipinski definition) is 1. The molecule has 0 spiro atoms. The number of rotatable bonds is 12. The molecular formula is C34H33ClN6O4. The second-order valence-corrected chi connectivity index (χ2v) is 11.0. The molecule has 0 saturated carbocycles. The number of allylic oxidation sites excluding steroid dienone is 1. The van der Waals surface area contributed by atoms with Gasteiger partial charge in [0, 0.05) is 47.9 Å². The molecule has 3 heterocycles. The number of anilines is 2. The number of methoxy groups -OCH3 is 2. The topological polar surface area (TPSA) is 111 Å². The second kappa shape index (κ2) is 14.1. The highest BCUT2D eigenvalue weighted by atomic mass is 35.5. The molecular weight excluding hydrogens is 592 g/mol. The third-order valence-electron chi connectivity index (χ3n) is 6.99. The number of aromatic nitrogens is 4. The zero-order chi connectivity index (χ0) is 31.9. The van der Waals surface area contributed by atoms with Crippen molar-refractivity contribution < 1.29 is 14.3 Å². The third kappa shape index (κ3) is 7.54. The number of carbonyl (C=O) groups is 1. The number of pyridine rings is 2. The van der Waals surface area contributed by atoms with Crippen molar-refractivity contribution in [3.05, 3.63) is 112 Å². The largest absolute Gasteiger partial charge is 0.497 e. The first kappa shape index (κ1) is 31.4. The van der Waals surface area contributed by atoms with Crippen LogP contribution in [0.4, 0.5) is 11.6 Å². The summed E-state index contributed by atoms with van der Waals surface area (Å²) in [6, 6.07) is 16.4. The van der Waals surface area contributed by atoms with E-state index in [1.807, 2.05) is 55.4 Å². The zero-order valence-electron chi connectivity index (χ0n) is 25.5. The predicted molar refractivity (Wildman–Crippen MR) is 177 cm³/mol. The van der Waals surface area contributed by atoms with Crippen LogP contribution in [0.25, 0.3) is 22.2 Å². The third-order valence-corrected chi connectivity index (χ3v) is 7.38. The fourth-order valence-corrected chi connectivity index (χ4v) is 5.12. The van der Waals surface area contributed by atoms with E-state index in [9.17, 15) is 9.59 Å². The number of fused-ring (bicyclic) bond motifs is 1. The average molecular weight is 625 g/mol. The van der Waals surface area contributed by atoms with Crippen molar-refractivity contribution in [3.8, 4) is 22.6 Å². The van der Waals surface area contributed by atoms with E-state index < -0.39 is 0 Å². The van der Waals surface area contributed by atoms with Crippen molar-refractivity contribution in [1.82, 2.24) is 24.4 Å². The Balaban J connectivity index is 1.60. The first-order valence-corrected chi connectivity index (χ1v) is 14.5. The summed E-state index contributed by atoms with van der Waals surface area (Å²) in [7, 11) is 6.93. The molecule has 0 aliphatic heterocycles. The van der Waals surface area contributed by atoms with Crippen LogP contribution >= 0.6 is 11.6 Å². The molecule has 0 aliphatic rings. The number of halogens is 1. The first-order chi connectivity index (χ1) is 21.7. The molecule has 0 saturated heterocycles. The van der Waals surface area contributed by atoms with Gasteiger partial charge in [-0.1, -0.05) is 41.9 Å². The molecule has 10 nitrogen and oxygen atoms in total. The van der Waals surface area contributed by atoms with Gasteiger partial charge in [-0.25, -0.2) is 4.98 Å². The lowest BCUT2D eigenvalue weighted by molar-refractivity contribution is -0.114. The standard InChI is InChI=1S/C34H33ClN6O4/c1-40(2)13-7-11-26(42)15-22-8-5-9-23(14-22)21-41-32-24(19-37-34(39-32)38-25-10-6-12-36-20-25)16-29(33(41)43)28-17-27(44-3)18-30(45-4)31(28)35/h5-12,14,16-20H,13,15,21H2,1-4H3,(H,37,38,39)/b11-7+. The van der Waals surface area contributed by atoms with Crippen LogP contribution < -0.4 is 20.3 Å². The van der Waals surface area contributed by atoms with E-state index in [2.05, 4.69) is 15.3 Å². The molecule has 0 bridgehead atoms. The zero-order valence-corrected chi connectivity index (χ0v) is 26.2. The smallest absolute Gasteiger partial charge is 0.260 e. The monoisotopic (exact) mass is 624 g/mol. The highest BCUT2D eigenvalue weighted by Crippen LogP contribution is 2.38. The average Bonchev–Trinajstić information content (AvgIpc) is 3.03. The van der Waals surface area contributed by atoms with E-state index in [1.54, 1.807) is 53.5 Å². The highest BCUT2D eigenvalue weighted by molar-refractivity contribution is 6.35. The molecule has 1 N–H and O–H groups in total. The number of carbonyl (C=O) groups excluding carboxylic acids is 1. The molecule has 0 amide bonds. The summed E-state index contributed by atoms with van der Waals surface area (Å²) in [5, 5.41) is 4.04. The molecule has 11 heteroatoms. The van der Waals surface area contributed by atoms with Crippen LogP contribution in [0.15, 0.2) is 90.1 Å². The Labute approximate surface area is 265 Å². The summed E-state index contributed by atoms with van der Waals surface area (Å²) in [4.78, 5) is 42.2. The maximum absolute atomic E-state index is 14.3. The molecule has 2 aromatic carbocycles. The summed E-state index contributed by atoms with van der Waals surface area (Å²) in [6.07, 6.45) is 8.68. The number of benzene rings is 2. The Morgan fingerprint density at radius 1 is 1.02 bits per heavy atom. The van der Waals surface area contributed by atoms with Crippen LogP contribution in [0.1, 0.15) is 11.1 Å². The molecule has 0 fully saturated rings. The summed E-state index contributed by atoms with van der Waals surface area (Å²) in [5.74, 6) is 1.17. The number of hydrogen-bond acceptors (Lipinski definition) is 9. The van der Waals surface area contributed by atoms with Gasteiger partial charge in [-0.15, -0.1) is 0 Å². The molecule has 0 unspecified atom stereocenters. The molecule has 5 aromatic rings. The molecule has 45 heavy (non-hydrogen) atoms. The van der Waals surface area contributed by atoms with E-state index in [0.29, 0.717) is 51.8 Å². The van der Waals surface area contributed by atoms with Gasteiger partial charge in [-0.05, 0) is 55.6 Å². The quantitative estimate of drug-likeness (QED) is 0.179. The molecule has 230 valence electrons. The molecule has 3 aromatic heterocycles. The van der Waals surface area contributed by atoms with Gasteiger partial charge in [0.05, 0.1) is 37.7 Å². The van der Waals surface area contributed by atoms with Crippen LogP contribution in [0.3, 0.4) is 0 Å². The normalized spacial score (nSPS) is 11.3. The van der Waals surface area contributed by atoms with Crippen LogP contribution in [0.2, 0.25) is 5.02 Å². The Bertz CT molecular complexity index is 1920. The minimum Gasteiger partial charge on any atom is -0.497 e. The number of nitrogens with zero attached hydrogens (tertiary/aromatic N) is 5. The van der Waals surface area contributed by atoms with Gasteiger partial charge < -0.3 is 19.7 Å². The van der Waals surface area contributed by atoms with Gasteiger partial charge in [-0.2, -0.15) is 4.98 Å². The fourth-order valence-electron chi connectivity index (χ4n) is 4.84. The van der Waals surface area contributed by atoms with Gasteiger partial charge in [0.25, 0.3) is 5.56 Å². The summed E-state index contributed by atoms with van der Waals surface area (Å²) in [5.41, 5.74) is 3.26. The second-order valence-electron chi connectivity index (χ2n) is 10.6. The van der Waals surface area contributed by atoms with Gasteiger partial charge in [0.1, 0.15) is 17.1 Å². The molecule has 0 atom stereocenters. The maximum Gasteiger partial charge on any atom is 0.260 e. The van der Waals surface area contributed by atoms with Crippen LogP contribution in [-0.4, -0.2) is 65.1 Å². The minimum absolute atomic E-state index is 0.000845. The molecule has 5 rings (SSSR count). The summed E-state index contributed by atoms with van der Waals surface area (Å²) >= 11 is 6.73. The van der Waals surface area contributed by atoms with Gasteiger partial charge in [-0.3, -0.25) is 19.1 Å². The lowest BCUT2D eigenvalue weighted by Gasteiger charge is -2.16. The van der Waals surface area contributed by atoms with E-state index in [4.69, 9.17) is 26.1 Å². The maximum atomic E-state index is 14.3. The van der Waals surface area contributed by atoms with Crippen molar-refractivity contribution in [1.29, 1.82) is 0 Å². The van der Waals surface area contributed by atoms with E-state index >= 15 is 0 Å². The van der Waals surface area contributed by atoms with Crippen LogP contribution in [0.5, 0.6) is 11.5 Å². The fraction of sp³-hybridized carbons (Fsp3) is 0.206. The van der Waals surface area contributed by atoms with Crippen molar-refractivity contribution in [2.45, 2.75) is 13.0 Å². The van der Waals surface area contributed by atoms with E-state index in [-0.39, 0.29) is 29.3 Å². The summed E-state index contributed by atoms with van der Waals surface area (Å²) in [6.45, 7) is 0.866. The van der Waals surface area contributed by atoms with Gasteiger partial charge in [0.15, 0.2) is 5.78 Å².